The first-order valence-corrected chi connectivity index (χ1v) is 7.57. The van der Waals surface area contributed by atoms with Crippen LogP contribution in [0.3, 0.4) is 0 Å². The van der Waals surface area contributed by atoms with Gasteiger partial charge in [-0.15, -0.1) is 0 Å². The molecule has 1 fully saturated rings. The Bertz CT molecular complexity index is 453. The molecule has 1 aromatic carbocycles. The number of carbonyl (C=O) groups excluding carboxylic acids is 1. The van der Waals surface area contributed by atoms with Gasteiger partial charge in [0.2, 0.25) is 5.91 Å². The van der Waals surface area contributed by atoms with E-state index < -0.39 is 0 Å². The fourth-order valence-corrected chi connectivity index (χ4v) is 4.16. The zero-order valence-corrected chi connectivity index (χ0v) is 13.6. The van der Waals surface area contributed by atoms with Crippen molar-refractivity contribution >= 4 is 43.5 Å². The van der Waals surface area contributed by atoms with Gasteiger partial charge in [0, 0.05) is 15.5 Å². The molecule has 1 aliphatic rings. The summed E-state index contributed by atoms with van der Waals surface area (Å²) in [6, 6.07) is 4.01. The number of piperidine rings is 1. The Balaban J connectivity index is 2.39. The first kappa shape index (κ1) is 14.0. The van der Waals surface area contributed by atoms with E-state index in [9.17, 15) is 4.79 Å². The second kappa shape index (κ2) is 5.72. The second-order valence-electron chi connectivity index (χ2n) is 4.55. The van der Waals surface area contributed by atoms with E-state index in [1.807, 2.05) is 31.0 Å². The minimum absolute atomic E-state index is 0.0705. The van der Waals surface area contributed by atoms with Gasteiger partial charge in [-0.2, -0.15) is 0 Å². The van der Waals surface area contributed by atoms with Gasteiger partial charge in [-0.05, 0) is 76.4 Å². The van der Waals surface area contributed by atoms with Gasteiger partial charge in [0.05, 0.1) is 11.7 Å². The maximum atomic E-state index is 12.4. The van der Waals surface area contributed by atoms with Crippen LogP contribution in [0.5, 0.6) is 0 Å². The minimum Gasteiger partial charge on any atom is -0.309 e. The summed E-state index contributed by atoms with van der Waals surface area (Å²) < 4.78 is 1.92. The number of likely N-dealkylation sites (N-methyl/N-ethyl adjacent to an activating group) is 1. The normalized spacial score (nSPS) is 20.3. The second-order valence-corrected chi connectivity index (χ2v) is 6.26. The van der Waals surface area contributed by atoms with Gasteiger partial charge in [-0.1, -0.05) is 0 Å². The molecule has 1 atom stereocenters. The number of hydrogen-bond donors (Lipinski definition) is 1. The van der Waals surface area contributed by atoms with Gasteiger partial charge in [0.25, 0.3) is 0 Å². The lowest BCUT2D eigenvalue weighted by molar-refractivity contribution is -0.121. The number of halogens is 2. The van der Waals surface area contributed by atoms with Crippen LogP contribution in [0.4, 0.5) is 5.69 Å². The lowest BCUT2D eigenvalue weighted by atomic mass is 10.0. The number of rotatable bonds is 2. The smallest absolute Gasteiger partial charge is 0.244 e. The van der Waals surface area contributed by atoms with E-state index in [-0.39, 0.29) is 11.9 Å². The summed E-state index contributed by atoms with van der Waals surface area (Å²) in [7, 11) is 1.84. The number of amides is 1. The van der Waals surface area contributed by atoms with E-state index in [2.05, 4.69) is 37.2 Å². The summed E-state index contributed by atoms with van der Waals surface area (Å²) in [6.07, 6.45) is 1.93. The molecular formula is C13H16Br2N2O. The molecule has 0 saturated carbocycles. The summed E-state index contributed by atoms with van der Waals surface area (Å²) in [6.45, 7) is 2.81. The number of anilines is 1. The van der Waals surface area contributed by atoms with Crippen LogP contribution in [0, 0.1) is 6.92 Å². The molecule has 0 bridgehead atoms. The Kier molecular flexibility index (Phi) is 4.45. The van der Waals surface area contributed by atoms with E-state index in [0.29, 0.717) is 0 Å². The molecule has 3 nitrogen and oxygen atoms in total. The quantitative estimate of drug-likeness (QED) is 0.860. The summed E-state index contributed by atoms with van der Waals surface area (Å²) in [5.74, 6) is 0.147. The van der Waals surface area contributed by atoms with Crippen molar-refractivity contribution in [2.24, 2.45) is 0 Å². The third-order valence-electron chi connectivity index (χ3n) is 3.22. The molecule has 0 spiro atoms. The lowest BCUT2D eigenvalue weighted by Crippen LogP contribution is -2.50. The summed E-state index contributed by atoms with van der Waals surface area (Å²) in [5, 5.41) is 3.08. The van der Waals surface area contributed by atoms with Crippen molar-refractivity contribution in [1.82, 2.24) is 5.32 Å². The van der Waals surface area contributed by atoms with Crippen LogP contribution in [0.1, 0.15) is 18.4 Å². The molecule has 0 aliphatic carbocycles. The Morgan fingerprint density at radius 3 is 2.50 bits per heavy atom. The molecular weight excluding hydrogens is 360 g/mol. The van der Waals surface area contributed by atoms with Crippen molar-refractivity contribution in [3.63, 3.8) is 0 Å². The highest BCUT2D eigenvalue weighted by atomic mass is 79.9. The third-order valence-corrected chi connectivity index (χ3v) is 4.43. The third kappa shape index (κ3) is 2.63. The molecule has 1 heterocycles. The molecule has 1 aromatic rings. The Labute approximate surface area is 124 Å². The van der Waals surface area contributed by atoms with Crippen LogP contribution >= 0.6 is 31.9 Å². The van der Waals surface area contributed by atoms with E-state index in [0.717, 1.165) is 39.6 Å². The maximum absolute atomic E-state index is 12.4. The van der Waals surface area contributed by atoms with Gasteiger partial charge in [0.15, 0.2) is 0 Å². The highest BCUT2D eigenvalue weighted by Gasteiger charge is 2.30. The molecule has 0 aromatic heterocycles. The fraction of sp³-hybridized carbons (Fsp3) is 0.462. The Morgan fingerprint density at radius 1 is 1.33 bits per heavy atom. The van der Waals surface area contributed by atoms with Crippen molar-refractivity contribution in [1.29, 1.82) is 0 Å². The molecule has 98 valence electrons. The molecule has 2 rings (SSSR count). The highest BCUT2D eigenvalue weighted by molar-refractivity contribution is 9.11. The van der Waals surface area contributed by atoms with Crippen molar-refractivity contribution in [3.8, 4) is 0 Å². The number of carbonyl (C=O) groups is 1. The molecule has 1 aliphatic heterocycles. The maximum Gasteiger partial charge on any atom is 0.244 e. The van der Waals surface area contributed by atoms with Crippen LogP contribution in [0.2, 0.25) is 0 Å². The van der Waals surface area contributed by atoms with Gasteiger partial charge in [-0.3, -0.25) is 4.79 Å². The zero-order valence-electron chi connectivity index (χ0n) is 10.5. The molecule has 1 saturated heterocycles. The molecule has 1 unspecified atom stereocenters. The van der Waals surface area contributed by atoms with Crippen LogP contribution in [0.25, 0.3) is 0 Å². The lowest BCUT2D eigenvalue weighted by Gasteiger charge is -2.33. The predicted molar refractivity (Wildman–Crippen MR) is 81.0 cm³/mol. The first-order valence-electron chi connectivity index (χ1n) is 5.99. The molecule has 5 heteroatoms. The number of nitrogens with zero attached hydrogens (tertiary/aromatic N) is 1. The van der Waals surface area contributed by atoms with Crippen LogP contribution in [-0.4, -0.2) is 25.5 Å². The SMILES string of the molecule is CNC1CCCN(c2c(Br)cc(C)cc2Br)C1=O. The molecule has 18 heavy (non-hydrogen) atoms. The van der Waals surface area contributed by atoms with Crippen LogP contribution < -0.4 is 10.2 Å². The van der Waals surface area contributed by atoms with Crippen molar-refractivity contribution in [3.05, 3.63) is 26.6 Å². The monoisotopic (exact) mass is 374 g/mol. The van der Waals surface area contributed by atoms with Gasteiger partial charge in [0.1, 0.15) is 0 Å². The largest absolute Gasteiger partial charge is 0.309 e. The number of aryl methyl sites for hydroxylation is 1. The van der Waals surface area contributed by atoms with Gasteiger partial charge < -0.3 is 10.2 Å². The van der Waals surface area contributed by atoms with Crippen molar-refractivity contribution in [2.45, 2.75) is 25.8 Å². The Morgan fingerprint density at radius 2 is 1.94 bits per heavy atom. The first-order chi connectivity index (χ1) is 8.54. The number of nitrogens with one attached hydrogen (secondary N) is 1. The average molecular weight is 376 g/mol. The number of hydrogen-bond acceptors (Lipinski definition) is 2. The molecule has 1 amide bonds. The van der Waals surface area contributed by atoms with E-state index in [4.69, 9.17) is 0 Å². The van der Waals surface area contributed by atoms with E-state index in [1.165, 1.54) is 0 Å². The average Bonchev–Trinajstić information content (AvgIpc) is 2.30. The van der Waals surface area contributed by atoms with Crippen molar-refractivity contribution < 1.29 is 4.79 Å². The van der Waals surface area contributed by atoms with E-state index in [1.54, 1.807) is 0 Å². The summed E-state index contributed by atoms with van der Waals surface area (Å²) in [5.41, 5.74) is 2.10. The topological polar surface area (TPSA) is 32.3 Å². The van der Waals surface area contributed by atoms with Crippen LogP contribution in [0.15, 0.2) is 21.1 Å². The van der Waals surface area contributed by atoms with Gasteiger partial charge >= 0.3 is 0 Å². The van der Waals surface area contributed by atoms with Crippen molar-refractivity contribution in [2.75, 3.05) is 18.5 Å². The highest BCUT2D eigenvalue weighted by Crippen LogP contribution is 2.37. The Hall–Kier alpha value is -0.390. The predicted octanol–water partition coefficient (Wildman–Crippen LogP) is 3.23. The van der Waals surface area contributed by atoms with E-state index >= 15 is 0 Å². The summed E-state index contributed by atoms with van der Waals surface area (Å²) >= 11 is 7.12. The molecule has 1 N–H and O–H groups in total. The standard InChI is InChI=1S/C13H16Br2N2O/c1-8-6-9(14)12(10(15)7-8)17-5-3-4-11(16-2)13(17)18/h6-7,11,16H,3-5H2,1-2H3. The summed E-state index contributed by atoms with van der Waals surface area (Å²) in [4.78, 5) is 14.2. The van der Waals surface area contributed by atoms with Gasteiger partial charge in [-0.25, -0.2) is 0 Å². The fourth-order valence-electron chi connectivity index (χ4n) is 2.32. The van der Waals surface area contributed by atoms with Crippen LogP contribution in [-0.2, 0) is 4.79 Å². The zero-order chi connectivity index (χ0) is 13.3. The number of benzene rings is 1. The molecule has 0 radical (unpaired) electrons. The minimum atomic E-state index is -0.0705.